The molecule has 1 heterocycles. The van der Waals surface area contributed by atoms with Gasteiger partial charge in [-0.2, -0.15) is 0 Å². The van der Waals surface area contributed by atoms with Gasteiger partial charge in [0.15, 0.2) is 0 Å². The number of rotatable bonds is 6. The van der Waals surface area contributed by atoms with Crippen LogP contribution < -0.4 is 5.32 Å². The topological polar surface area (TPSA) is 38.7 Å². The molecule has 0 aromatic heterocycles. The molecule has 2 fully saturated rings. The molecule has 4 nitrogen and oxygen atoms in total. The number of nitrogens with zero attached hydrogens (tertiary/aromatic N) is 2. The summed E-state index contributed by atoms with van der Waals surface area (Å²) in [5.41, 5.74) is -0.00820. The van der Waals surface area contributed by atoms with Crippen LogP contribution in [0.5, 0.6) is 0 Å². The van der Waals surface area contributed by atoms with E-state index in [4.69, 9.17) is 0 Å². The normalized spacial score (nSPS) is 35.9. The van der Waals surface area contributed by atoms with Gasteiger partial charge < -0.3 is 15.3 Å². The third kappa shape index (κ3) is 3.73. The molecule has 4 heteroatoms. The number of hydrogen-bond donors (Lipinski definition) is 2. The molecule has 0 aromatic rings. The van der Waals surface area contributed by atoms with E-state index in [1.807, 2.05) is 0 Å². The molecule has 2 rings (SSSR count). The fourth-order valence-corrected chi connectivity index (χ4v) is 3.90. The number of piperidine rings is 1. The Balaban J connectivity index is 1.90. The average Bonchev–Trinajstić information content (AvgIpc) is 2.90. The standard InChI is InChI=1S/C16H33N3O/c1-4-9-17-16(13-20)8-7-14(11-16)19-10-5-6-15(12-19)18(2)3/h14-15,17,20H,4-13H2,1-3H3. The van der Waals surface area contributed by atoms with Gasteiger partial charge in [-0.25, -0.2) is 0 Å². The molecular weight excluding hydrogens is 250 g/mol. The molecule has 3 unspecified atom stereocenters. The second kappa shape index (κ2) is 7.21. The highest BCUT2D eigenvalue weighted by atomic mass is 16.3. The minimum Gasteiger partial charge on any atom is -0.394 e. The summed E-state index contributed by atoms with van der Waals surface area (Å²) in [4.78, 5) is 5.05. The number of likely N-dealkylation sites (N-methyl/N-ethyl adjacent to an activating group) is 1. The lowest BCUT2D eigenvalue weighted by molar-refractivity contribution is 0.0880. The number of aliphatic hydroxyl groups is 1. The summed E-state index contributed by atoms with van der Waals surface area (Å²) >= 11 is 0. The van der Waals surface area contributed by atoms with E-state index < -0.39 is 0 Å². The first kappa shape index (κ1) is 16.2. The fraction of sp³-hybridized carbons (Fsp3) is 1.00. The molecule has 20 heavy (non-hydrogen) atoms. The summed E-state index contributed by atoms with van der Waals surface area (Å²) in [6.45, 7) is 5.94. The summed E-state index contributed by atoms with van der Waals surface area (Å²) in [6.07, 6.45) is 7.25. The molecule has 2 N–H and O–H groups in total. The Bertz CT molecular complexity index is 297. The van der Waals surface area contributed by atoms with Crippen LogP contribution in [0.3, 0.4) is 0 Å². The second-order valence-corrected chi connectivity index (χ2v) is 7.02. The zero-order valence-corrected chi connectivity index (χ0v) is 13.6. The van der Waals surface area contributed by atoms with Crippen LogP contribution in [-0.4, -0.2) is 72.9 Å². The van der Waals surface area contributed by atoms with Gasteiger partial charge in [0, 0.05) is 24.2 Å². The summed E-state index contributed by atoms with van der Waals surface area (Å²) in [7, 11) is 4.40. The van der Waals surface area contributed by atoms with Gasteiger partial charge in [-0.1, -0.05) is 6.92 Å². The molecule has 0 amide bonds. The van der Waals surface area contributed by atoms with Crippen molar-refractivity contribution >= 4 is 0 Å². The van der Waals surface area contributed by atoms with E-state index in [2.05, 4.69) is 36.1 Å². The Morgan fingerprint density at radius 3 is 2.80 bits per heavy atom. The van der Waals surface area contributed by atoms with Crippen LogP contribution in [0.4, 0.5) is 0 Å². The van der Waals surface area contributed by atoms with E-state index in [-0.39, 0.29) is 12.1 Å². The van der Waals surface area contributed by atoms with Gasteiger partial charge in [0.1, 0.15) is 0 Å². The molecule has 0 aromatic carbocycles. The number of nitrogens with one attached hydrogen (secondary N) is 1. The van der Waals surface area contributed by atoms with Crippen LogP contribution in [0.1, 0.15) is 45.4 Å². The Hall–Kier alpha value is -0.160. The van der Waals surface area contributed by atoms with Gasteiger partial charge in [0.25, 0.3) is 0 Å². The monoisotopic (exact) mass is 283 g/mol. The second-order valence-electron chi connectivity index (χ2n) is 7.02. The van der Waals surface area contributed by atoms with Gasteiger partial charge in [0.2, 0.25) is 0 Å². The summed E-state index contributed by atoms with van der Waals surface area (Å²) in [6, 6.07) is 1.37. The number of aliphatic hydroxyl groups excluding tert-OH is 1. The van der Waals surface area contributed by atoms with E-state index in [0.29, 0.717) is 12.1 Å². The first-order valence-electron chi connectivity index (χ1n) is 8.36. The van der Waals surface area contributed by atoms with Crippen molar-refractivity contribution in [2.45, 2.75) is 63.1 Å². The van der Waals surface area contributed by atoms with E-state index in [9.17, 15) is 5.11 Å². The van der Waals surface area contributed by atoms with Crippen molar-refractivity contribution in [3.05, 3.63) is 0 Å². The zero-order valence-electron chi connectivity index (χ0n) is 13.6. The Labute approximate surface area is 124 Å². The van der Waals surface area contributed by atoms with Crippen LogP contribution in [0.15, 0.2) is 0 Å². The summed E-state index contributed by atoms with van der Waals surface area (Å²) < 4.78 is 0. The van der Waals surface area contributed by atoms with Gasteiger partial charge in [0.05, 0.1) is 6.61 Å². The highest BCUT2D eigenvalue weighted by Crippen LogP contribution is 2.34. The van der Waals surface area contributed by atoms with E-state index in [1.54, 1.807) is 0 Å². The lowest BCUT2D eigenvalue weighted by Gasteiger charge is -2.40. The highest BCUT2D eigenvalue weighted by molar-refractivity contribution is 5.00. The third-order valence-electron chi connectivity index (χ3n) is 5.31. The Morgan fingerprint density at radius 1 is 1.35 bits per heavy atom. The number of hydrogen-bond acceptors (Lipinski definition) is 4. The van der Waals surface area contributed by atoms with Crippen LogP contribution in [-0.2, 0) is 0 Å². The minimum atomic E-state index is -0.00820. The molecule has 1 aliphatic carbocycles. The van der Waals surface area contributed by atoms with Crippen LogP contribution in [0.25, 0.3) is 0 Å². The lowest BCUT2D eigenvalue weighted by Crippen LogP contribution is -2.51. The first-order valence-corrected chi connectivity index (χ1v) is 8.36. The quantitative estimate of drug-likeness (QED) is 0.771. The lowest BCUT2D eigenvalue weighted by atomic mass is 9.97. The van der Waals surface area contributed by atoms with Crippen LogP contribution in [0, 0.1) is 0 Å². The van der Waals surface area contributed by atoms with Gasteiger partial charge in [-0.05, 0) is 65.7 Å². The largest absolute Gasteiger partial charge is 0.394 e. The molecule has 0 bridgehead atoms. The van der Waals surface area contributed by atoms with E-state index >= 15 is 0 Å². The predicted molar refractivity (Wildman–Crippen MR) is 84.0 cm³/mol. The van der Waals surface area contributed by atoms with Crippen LogP contribution in [0.2, 0.25) is 0 Å². The zero-order chi connectivity index (χ0) is 14.6. The molecule has 0 spiro atoms. The first-order chi connectivity index (χ1) is 9.60. The van der Waals surface area contributed by atoms with E-state index in [0.717, 1.165) is 25.8 Å². The molecule has 1 saturated carbocycles. The summed E-state index contributed by atoms with van der Waals surface area (Å²) in [5, 5.41) is 13.4. The van der Waals surface area contributed by atoms with Crippen LogP contribution >= 0.6 is 0 Å². The molecule has 2 aliphatic rings. The third-order valence-corrected chi connectivity index (χ3v) is 5.31. The van der Waals surface area contributed by atoms with Crippen molar-refractivity contribution in [2.75, 3.05) is 40.3 Å². The maximum absolute atomic E-state index is 9.81. The van der Waals surface area contributed by atoms with Crippen molar-refractivity contribution in [2.24, 2.45) is 0 Å². The van der Waals surface area contributed by atoms with Crippen molar-refractivity contribution in [1.29, 1.82) is 0 Å². The Kier molecular flexibility index (Phi) is 5.84. The molecule has 118 valence electrons. The maximum atomic E-state index is 9.81. The predicted octanol–water partition coefficient (Wildman–Crippen LogP) is 1.30. The van der Waals surface area contributed by atoms with Crippen molar-refractivity contribution in [1.82, 2.24) is 15.1 Å². The molecule has 1 aliphatic heterocycles. The number of likely N-dealkylation sites (tertiary alicyclic amines) is 1. The fourth-order valence-electron chi connectivity index (χ4n) is 3.90. The Morgan fingerprint density at radius 2 is 2.15 bits per heavy atom. The van der Waals surface area contributed by atoms with Gasteiger partial charge in [-0.15, -0.1) is 0 Å². The van der Waals surface area contributed by atoms with E-state index in [1.165, 1.54) is 32.4 Å². The highest BCUT2D eigenvalue weighted by Gasteiger charge is 2.41. The summed E-state index contributed by atoms with van der Waals surface area (Å²) in [5.74, 6) is 0. The maximum Gasteiger partial charge on any atom is 0.0613 e. The van der Waals surface area contributed by atoms with Gasteiger partial charge >= 0.3 is 0 Å². The average molecular weight is 283 g/mol. The minimum absolute atomic E-state index is 0.00820. The smallest absolute Gasteiger partial charge is 0.0613 e. The van der Waals surface area contributed by atoms with Gasteiger partial charge in [-0.3, -0.25) is 4.90 Å². The SMILES string of the molecule is CCCNC1(CO)CCC(N2CCCC(N(C)C)C2)C1. The van der Waals surface area contributed by atoms with Crippen molar-refractivity contribution in [3.8, 4) is 0 Å². The molecular formula is C16H33N3O. The molecule has 1 saturated heterocycles. The molecule has 0 radical (unpaired) electrons. The molecule has 3 atom stereocenters. The van der Waals surface area contributed by atoms with Crippen molar-refractivity contribution in [3.63, 3.8) is 0 Å². The van der Waals surface area contributed by atoms with Crippen molar-refractivity contribution < 1.29 is 5.11 Å².